The summed E-state index contributed by atoms with van der Waals surface area (Å²) in [5.41, 5.74) is 6.95. The van der Waals surface area contributed by atoms with Gasteiger partial charge in [0.1, 0.15) is 11.1 Å². The fraction of sp³-hybridized carbons (Fsp3) is 0.214. The number of aryl methyl sites for hydroxylation is 2. The van der Waals surface area contributed by atoms with E-state index in [1.165, 1.54) is 16.9 Å². The highest BCUT2D eigenvalue weighted by Crippen LogP contribution is 2.44. The van der Waals surface area contributed by atoms with Crippen molar-refractivity contribution in [2.75, 3.05) is 11.9 Å². The van der Waals surface area contributed by atoms with Gasteiger partial charge in [-0.3, -0.25) is 9.78 Å². The van der Waals surface area contributed by atoms with Gasteiger partial charge in [-0.1, -0.05) is 42.5 Å². The first-order chi connectivity index (χ1) is 17.1. The van der Waals surface area contributed by atoms with E-state index in [0.29, 0.717) is 16.1 Å². The molecule has 2 heterocycles. The van der Waals surface area contributed by atoms with Crippen LogP contribution in [0.4, 0.5) is 5.00 Å². The van der Waals surface area contributed by atoms with Gasteiger partial charge in [-0.2, -0.15) is 5.26 Å². The molecule has 6 nitrogen and oxygen atoms in total. The first-order valence-corrected chi connectivity index (χ1v) is 12.5. The number of thiophene rings is 1. The van der Waals surface area contributed by atoms with E-state index >= 15 is 0 Å². The number of aromatic nitrogens is 1. The van der Waals surface area contributed by atoms with Crippen LogP contribution in [0.15, 0.2) is 48.5 Å². The van der Waals surface area contributed by atoms with E-state index in [1.807, 2.05) is 36.4 Å². The lowest BCUT2D eigenvalue weighted by molar-refractivity contribution is -0.119. The van der Waals surface area contributed by atoms with Gasteiger partial charge in [0.2, 0.25) is 0 Å². The smallest absolute Gasteiger partial charge is 0.339 e. The van der Waals surface area contributed by atoms with Gasteiger partial charge < -0.3 is 10.1 Å². The number of para-hydroxylation sites is 1. The molecule has 0 radical (unpaired) electrons. The number of carbonyl (C=O) groups is 2. The number of carbonyl (C=O) groups excluding carboxylic acids is 2. The molecule has 7 heteroatoms. The van der Waals surface area contributed by atoms with Gasteiger partial charge in [-0.25, -0.2) is 4.79 Å². The highest BCUT2D eigenvalue weighted by atomic mass is 32.1. The topological polar surface area (TPSA) is 92.1 Å². The van der Waals surface area contributed by atoms with Gasteiger partial charge in [0, 0.05) is 16.0 Å². The molecular weight excluding hydrogens is 458 g/mol. The van der Waals surface area contributed by atoms with Crippen LogP contribution in [0.1, 0.15) is 44.7 Å². The predicted molar refractivity (Wildman–Crippen MR) is 135 cm³/mol. The summed E-state index contributed by atoms with van der Waals surface area (Å²) >= 11 is 1.40. The summed E-state index contributed by atoms with van der Waals surface area (Å²) in [6.07, 6.45) is 4.19. The largest absolute Gasteiger partial charge is 0.452 e. The summed E-state index contributed by atoms with van der Waals surface area (Å²) in [5, 5.41) is 13.9. The standard InChI is InChI=1S/C28H21N3O3S/c29-14-21-18-13-12-16-6-1-2-7-17(16)26(18)35-27(21)31-24(32)15-34-28(33)25-19-8-3-4-10-22(19)30-23-11-5-9-20(23)25/h1-4,6-8,10H,5,9,11-13,15H2,(H,31,32). The second kappa shape index (κ2) is 8.64. The number of pyridine rings is 1. The first-order valence-electron chi connectivity index (χ1n) is 11.7. The van der Waals surface area contributed by atoms with Crippen molar-refractivity contribution in [3.8, 4) is 16.5 Å². The van der Waals surface area contributed by atoms with Crippen LogP contribution in [-0.2, 0) is 35.2 Å². The Morgan fingerprint density at radius 1 is 1.03 bits per heavy atom. The van der Waals surface area contributed by atoms with Crippen molar-refractivity contribution in [1.82, 2.24) is 4.98 Å². The second-order valence-corrected chi connectivity index (χ2v) is 9.81. The molecule has 0 spiro atoms. The minimum Gasteiger partial charge on any atom is -0.452 e. The van der Waals surface area contributed by atoms with Crippen LogP contribution in [0.2, 0.25) is 0 Å². The van der Waals surface area contributed by atoms with Crippen LogP contribution in [0.3, 0.4) is 0 Å². The van der Waals surface area contributed by atoms with E-state index in [2.05, 4.69) is 23.5 Å². The summed E-state index contributed by atoms with van der Waals surface area (Å²) in [6, 6.07) is 17.9. The molecule has 2 aromatic heterocycles. The predicted octanol–water partition coefficient (Wildman–Crippen LogP) is 5.22. The molecule has 4 aromatic rings. The van der Waals surface area contributed by atoms with E-state index in [4.69, 9.17) is 9.72 Å². The summed E-state index contributed by atoms with van der Waals surface area (Å²) in [6.45, 7) is -0.422. The number of ether oxygens (including phenoxy) is 1. The first kappa shape index (κ1) is 21.5. The summed E-state index contributed by atoms with van der Waals surface area (Å²) in [4.78, 5) is 31.6. The lowest BCUT2D eigenvalue weighted by atomic mass is 9.90. The monoisotopic (exact) mass is 479 g/mol. The molecule has 0 saturated heterocycles. The molecule has 6 rings (SSSR count). The lowest BCUT2D eigenvalue weighted by Gasteiger charge is -2.15. The van der Waals surface area contributed by atoms with Crippen molar-refractivity contribution in [2.24, 2.45) is 0 Å². The maximum atomic E-state index is 13.1. The van der Waals surface area contributed by atoms with E-state index in [0.717, 1.165) is 70.3 Å². The molecule has 172 valence electrons. The van der Waals surface area contributed by atoms with Crippen LogP contribution in [0.25, 0.3) is 21.3 Å². The molecule has 2 aliphatic rings. The summed E-state index contributed by atoms with van der Waals surface area (Å²) in [5.74, 6) is -0.978. The van der Waals surface area contributed by atoms with Gasteiger partial charge in [0.15, 0.2) is 6.61 Å². The normalized spacial score (nSPS) is 13.5. The van der Waals surface area contributed by atoms with Crippen molar-refractivity contribution in [3.63, 3.8) is 0 Å². The molecule has 1 amide bonds. The zero-order valence-corrected chi connectivity index (χ0v) is 19.7. The third kappa shape index (κ3) is 3.67. The van der Waals surface area contributed by atoms with E-state index < -0.39 is 18.5 Å². The Morgan fingerprint density at radius 3 is 2.74 bits per heavy atom. The Morgan fingerprint density at radius 2 is 1.86 bits per heavy atom. The third-order valence-electron chi connectivity index (χ3n) is 6.74. The van der Waals surface area contributed by atoms with E-state index in [9.17, 15) is 14.9 Å². The van der Waals surface area contributed by atoms with Crippen molar-refractivity contribution in [2.45, 2.75) is 32.1 Å². The Balaban J connectivity index is 1.23. The highest BCUT2D eigenvalue weighted by Gasteiger charge is 2.27. The number of nitriles is 1. The number of fused-ring (bicyclic) bond motifs is 5. The van der Waals surface area contributed by atoms with Gasteiger partial charge >= 0.3 is 5.97 Å². The van der Waals surface area contributed by atoms with Crippen LogP contribution >= 0.6 is 11.3 Å². The molecule has 2 aromatic carbocycles. The molecule has 0 unspecified atom stereocenters. The SMILES string of the molecule is N#Cc1c(NC(=O)COC(=O)c2c3c(nc4ccccc24)CCC3)sc2c1CCc1ccccc1-2. The number of esters is 1. The second-order valence-electron chi connectivity index (χ2n) is 8.79. The average Bonchev–Trinajstić information content (AvgIpc) is 3.49. The van der Waals surface area contributed by atoms with Gasteiger partial charge in [0.25, 0.3) is 5.91 Å². The quantitative estimate of drug-likeness (QED) is 0.405. The highest BCUT2D eigenvalue weighted by molar-refractivity contribution is 7.20. The van der Waals surface area contributed by atoms with Crippen molar-refractivity contribution in [1.29, 1.82) is 5.26 Å². The van der Waals surface area contributed by atoms with E-state index in [1.54, 1.807) is 0 Å². The Bertz CT molecular complexity index is 1560. The Hall–Kier alpha value is -4.02. The zero-order chi connectivity index (χ0) is 23.9. The Kier molecular flexibility index (Phi) is 5.31. The Labute approximate surface area is 206 Å². The molecule has 0 aliphatic heterocycles. The minimum atomic E-state index is -0.517. The van der Waals surface area contributed by atoms with E-state index in [-0.39, 0.29) is 0 Å². The van der Waals surface area contributed by atoms with Crippen molar-refractivity contribution in [3.05, 3.63) is 82.0 Å². The zero-order valence-electron chi connectivity index (χ0n) is 18.9. The molecule has 35 heavy (non-hydrogen) atoms. The number of benzene rings is 2. The fourth-order valence-electron chi connectivity index (χ4n) is 5.16. The number of amides is 1. The number of hydrogen-bond acceptors (Lipinski definition) is 6. The van der Waals surface area contributed by atoms with Crippen LogP contribution < -0.4 is 5.32 Å². The fourth-order valence-corrected chi connectivity index (χ4v) is 6.43. The molecule has 0 bridgehead atoms. The molecule has 0 saturated carbocycles. The van der Waals surface area contributed by atoms with Crippen LogP contribution in [-0.4, -0.2) is 23.5 Å². The average molecular weight is 480 g/mol. The van der Waals surface area contributed by atoms with Crippen LogP contribution in [0.5, 0.6) is 0 Å². The number of anilines is 1. The molecule has 0 atom stereocenters. The third-order valence-corrected chi connectivity index (χ3v) is 7.92. The number of nitrogens with zero attached hydrogens (tertiary/aromatic N) is 2. The van der Waals surface area contributed by atoms with Gasteiger partial charge in [-0.05, 0) is 60.4 Å². The van der Waals surface area contributed by atoms with Crippen molar-refractivity contribution >= 4 is 39.1 Å². The maximum Gasteiger partial charge on any atom is 0.339 e. The number of nitrogens with one attached hydrogen (secondary N) is 1. The minimum absolute atomic E-state index is 0.422. The molecule has 2 aliphatic carbocycles. The van der Waals surface area contributed by atoms with Crippen LogP contribution in [0, 0.1) is 11.3 Å². The van der Waals surface area contributed by atoms with Gasteiger partial charge in [0.05, 0.1) is 16.6 Å². The lowest BCUT2D eigenvalue weighted by Crippen LogP contribution is -2.21. The summed E-state index contributed by atoms with van der Waals surface area (Å²) < 4.78 is 5.47. The van der Waals surface area contributed by atoms with Crippen molar-refractivity contribution < 1.29 is 14.3 Å². The molecular formula is C28H21N3O3S. The summed E-state index contributed by atoms with van der Waals surface area (Å²) in [7, 11) is 0. The van der Waals surface area contributed by atoms with Gasteiger partial charge in [-0.15, -0.1) is 11.3 Å². The number of hydrogen-bond donors (Lipinski definition) is 1. The number of rotatable bonds is 4. The maximum absolute atomic E-state index is 13.1. The molecule has 0 fully saturated rings. The molecule has 1 N–H and O–H groups in total.